The standard InChI is InChI=1S/C20H26N2O2.ClH/c1-15(12-17-10-6-7-11-19(17)24-2)13-20(23)22-14-18(21)16-8-4-3-5-9-16;/h3-11,15,18H,12-14,21H2,1-2H3,(H,22,23);1H. The molecule has 0 saturated heterocycles. The number of methoxy groups -OCH3 is 1. The summed E-state index contributed by atoms with van der Waals surface area (Å²) in [5, 5.41) is 2.93. The summed E-state index contributed by atoms with van der Waals surface area (Å²) in [4.78, 5) is 12.1. The highest BCUT2D eigenvalue weighted by molar-refractivity contribution is 5.85. The Morgan fingerprint density at radius 2 is 1.76 bits per heavy atom. The summed E-state index contributed by atoms with van der Waals surface area (Å²) in [6.07, 6.45) is 1.28. The fraction of sp³-hybridized carbons (Fsp3) is 0.350. The van der Waals surface area contributed by atoms with Crippen molar-refractivity contribution in [1.29, 1.82) is 0 Å². The third kappa shape index (κ3) is 6.77. The van der Waals surface area contributed by atoms with Gasteiger partial charge in [0.05, 0.1) is 7.11 Å². The van der Waals surface area contributed by atoms with Gasteiger partial charge in [-0.1, -0.05) is 55.5 Å². The second kappa shape index (κ2) is 10.7. The zero-order chi connectivity index (χ0) is 17.4. The molecule has 0 spiro atoms. The normalized spacial score (nSPS) is 12.6. The molecule has 1 amide bonds. The number of hydrogen-bond acceptors (Lipinski definition) is 3. The average Bonchev–Trinajstić information content (AvgIpc) is 2.60. The van der Waals surface area contributed by atoms with Gasteiger partial charge in [-0.25, -0.2) is 0 Å². The van der Waals surface area contributed by atoms with Crippen LogP contribution in [0, 0.1) is 5.92 Å². The van der Waals surface area contributed by atoms with Gasteiger partial charge in [0, 0.05) is 19.0 Å². The van der Waals surface area contributed by atoms with Crippen LogP contribution in [0.15, 0.2) is 54.6 Å². The molecule has 136 valence electrons. The molecule has 0 radical (unpaired) electrons. The molecular formula is C20H27ClN2O2. The molecule has 3 N–H and O–H groups in total. The minimum absolute atomic E-state index is 0. The predicted octanol–water partition coefficient (Wildman–Crippen LogP) is 3.50. The molecule has 0 aliphatic heterocycles. The van der Waals surface area contributed by atoms with Crippen LogP contribution in [-0.4, -0.2) is 19.6 Å². The lowest BCUT2D eigenvalue weighted by atomic mass is 9.97. The van der Waals surface area contributed by atoms with Gasteiger partial charge in [0.1, 0.15) is 5.75 Å². The van der Waals surface area contributed by atoms with Crippen molar-refractivity contribution in [2.75, 3.05) is 13.7 Å². The zero-order valence-corrected chi connectivity index (χ0v) is 15.6. The molecule has 2 unspecified atom stereocenters. The predicted molar refractivity (Wildman–Crippen MR) is 104 cm³/mol. The summed E-state index contributed by atoms with van der Waals surface area (Å²) in [6.45, 7) is 2.52. The maximum absolute atomic E-state index is 12.1. The maximum atomic E-state index is 12.1. The summed E-state index contributed by atoms with van der Waals surface area (Å²) in [5.74, 6) is 1.13. The van der Waals surface area contributed by atoms with Crippen molar-refractivity contribution >= 4 is 18.3 Å². The van der Waals surface area contributed by atoms with E-state index in [0.29, 0.717) is 13.0 Å². The van der Waals surface area contributed by atoms with E-state index in [1.165, 1.54) is 0 Å². The van der Waals surface area contributed by atoms with Gasteiger partial charge in [-0.05, 0) is 29.5 Å². The fourth-order valence-corrected chi connectivity index (χ4v) is 2.75. The molecule has 0 bridgehead atoms. The summed E-state index contributed by atoms with van der Waals surface area (Å²) in [7, 11) is 1.67. The molecule has 2 rings (SSSR count). The number of hydrogen-bond donors (Lipinski definition) is 2. The van der Waals surface area contributed by atoms with E-state index < -0.39 is 0 Å². The number of rotatable bonds is 8. The number of carbonyl (C=O) groups is 1. The second-order valence-electron chi connectivity index (χ2n) is 6.15. The van der Waals surface area contributed by atoms with Crippen molar-refractivity contribution in [2.24, 2.45) is 11.7 Å². The van der Waals surface area contributed by atoms with Crippen LogP contribution in [0.5, 0.6) is 5.75 Å². The van der Waals surface area contributed by atoms with Gasteiger partial charge in [-0.2, -0.15) is 0 Å². The molecule has 0 aliphatic carbocycles. The first-order valence-corrected chi connectivity index (χ1v) is 8.29. The van der Waals surface area contributed by atoms with E-state index in [1.54, 1.807) is 7.11 Å². The molecule has 0 fully saturated rings. The Morgan fingerprint density at radius 3 is 2.44 bits per heavy atom. The summed E-state index contributed by atoms with van der Waals surface area (Å²) in [5.41, 5.74) is 8.26. The topological polar surface area (TPSA) is 64.3 Å². The average molecular weight is 363 g/mol. The van der Waals surface area contributed by atoms with Crippen LogP contribution in [0.1, 0.15) is 30.5 Å². The first-order chi connectivity index (χ1) is 11.6. The number of ether oxygens (including phenoxy) is 1. The number of halogens is 1. The van der Waals surface area contributed by atoms with Crippen molar-refractivity contribution in [3.8, 4) is 5.75 Å². The van der Waals surface area contributed by atoms with Crippen molar-refractivity contribution in [3.63, 3.8) is 0 Å². The number of carbonyl (C=O) groups excluding carboxylic acids is 1. The van der Waals surface area contributed by atoms with Crippen LogP contribution in [-0.2, 0) is 11.2 Å². The molecule has 2 aromatic rings. The summed E-state index contributed by atoms with van der Waals surface area (Å²) >= 11 is 0. The number of amides is 1. The molecule has 2 atom stereocenters. The molecule has 4 nitrogen and oxygen atoms in total. The summed E-state index contributed by atoms with van der Waals surface area (Å²) < 4.78 is 5.36. The van der Waals surface area contributed by atoms with Crippen LogP contribution < -0.4 is 15.8 Å². The third-order valence-electron chi connectivity index (χ3n) is 4.04. The van der Waals surface area contributed by atoms with Crippen LogP contribution in [0.3, 0.4) is 0 Å². The highest BCUT2D eigenvalue weighted by Gasteiger charge is 2.13. The molecule has 0 saturated carbocycles. The highest BCUT2D eigenvalue weighted by Crippen LogP contribution is 2.22. The number of benzene rings is 2. The third-order valence-corrected chi connectivity index (χ3v) is 4.04. The van der Waals surface area contributed by atoms with Crippen LogP contribution in [0.2, 0.25) is 0 Å². The minimum Gasteiger partial charge on any atom is -0.496 e. The smallest absolute Gasteiger partial charge is 0.220 e. The Labute approximate surface area is 156 Å². The van der Waals surface area contributed by atoms with Gasteiger partial charge >= 0.3 is 0 Å². The number of para-hydroxylation sites is 1. The lowest BCUT2D eigenvalue weighted by Gasteiger charge is -2.16. The monoisotopic (exact) mass is 362 g/mol. The molecule has 5 heteroatoms. The fourth-order valence-electron chi connectivity index (χ4n) is 2.75. The van der Waals surface area contributed by atoms with Crippen molar-refractivity contribution in [2.45, 2.75) is 25.8 Å². The van der Waals surface area contributed by atoms with Gasteiger partial charge in [0.25, 0.3) is 0 Å². The Balaban J connectivity index is 0.00000312. The van der Waals surface area contributed by atoms with Gasteiger partial charge in [-0.3, -0.25) is 4.79 Å². The van der Waals surface area contributed by atoms with E-state index in [-0.39, 0.29) is 30.3 Å². The molecule has 2 aromatic carbocycles. The van der Waals surface area contributed by atoms with Gasteiger partial charge < -0.3 is 15.8 Å². The Kier molecular flexibility index (Phi) is 9.03. The Hall–Kier alpha value is -2.04. The van der Waals surface area contributed by atoms with E-state index in [0.717, 1.165) is 23.3 Å². The van der Waals surface area contributed by atoms with Crippen LogP contribution in [0.25, 0.3) is 0 Å². The SMILES string of the molecule is COc1ccccc1CC(C)CC(=O)NCC(N)c1ccccc1.Cl. The number of nitrogens with one attached hydrogen (secondary N) is 1. The maximum Gasteiger partial charge on any atom is 0.220 e. The van der Waals surface area contributed by atoms with E-state index in [1.807, 2.05) is 54.6 Å². The molecule has 0 heterocycles. The molecule has 25 heavy (non-hydrogen) atoms. The molecule has 0 aliphatic rings. The zero-order valence-electron chi connectivity index (χ0n) is 14.8. The van der Waals surface area contributed by atoms with Gasteiger partial charge in [0.15, 0.2) is 0 Å². The Bertz CT molecular complexity index is 649. The first-order valence-electron chi connectivity index (χ1n) is 8.29. The molecule has 0 aromatic heterocycles. The van der Waals surface area contributed by atoms with Gasteiger partial charge in [0.2, 0.25) is 5.91 Å². The van der Waals surface area contributed by atoms with E-state index in [9.17, 15) is 4.79 Å². The van der Waals surface area contributed by atoms with Crippen LogP contribution in [0.4, 0.5) is 0 Å². The minimum atomic E-state index is -0.181. The second-order valence-corrected chi connectivity index (χ2v) is 6.15. The quantitative estimate of drug-likeness (QED) is 0.755. The lowest BCUT2D eigenvalue weighted by Crippen LogP contribution is -2.32. The van der Waals surface area contributed by atoms with Crippen LogP contribution >= 0.6 is 12.4 Å². The van der Waals surface area contributed by atoms with Crippen molar-refractivity contribution in [1.82, 2.24) is 5.32 Å². The lowest BCUT2D eigenvalue weighted by molar-refractivity contribution is -0.121. The van der Waals surface area contributed by atoms with E-state index in [2.05, 4.69) is 12.2 Å². The van der Waals surface area contributed by atoms with Crippen molar-refractivity contribution < 1.29 is 9.53 Å². The van der Waals surface area contributed by atoms with E-state index in [4.69, 9.17) is 10.5 Å². The first kappa shape index (κ1) is 21.0. The van der Waals surface area contributed by atoms with Gasteiger partial charge in [-0.15, -0.1) is 12.4 Å². The Morgan fingerprint density at radius 1 is 1.12 bits per heavy atom. The van der Waals surface area contributed by atoms with Crippen molar-refractivity contribution in [3.05, 3.63) is 65.7 Å². The highest BCUT2D eigenvalue weighted by atomic mass is 35.5. The molecular weight excluding hydrogens is 336 g/mol. The summed E-state index contributed by atoms with van der Waals surface area (Å²) in [6, 6.07) is 17.5. The number of nitrogens with two attached hydrogens (primary N) is 1. The van der Waals surface area contributed by atoms with E-state index >= 15 is 0 Å². The largest absolute Gasteiger partial charge is 0.496 e.